The average molecular weight is 236 g/mol. The molecule has 2 N–H and O–H groups in total. The highest BCUT2D eigenvalue weighted by Gasteiger charge is 2.21. The molecule has 17 heavy (non-hydrogen) atoms. The largest absolute Gasteiger partial charge is 0.492 e. The summed E-state index contributed by atoms with van der Waals surface area (Å²) in [6, 6.07) is 8.06. The maximum Gasteiger partial charge on any atom is 0.119 e. The van der Waals surface area contributed by atoms with Gasteiger partial charge in [0, 0.05) is 11.6 Å². The molecular formula is C14H24N2O. The van der Waals surface area contributed by atoms with Crippen molar-refractivity contribution in [1.82, 2.24) is 4.90 Å². The molecule has 0 fully saturated rings. The quantitative estimate of drug-likeness (QED) is 0.853. The maximum atomic E-state index is 5.80. The number of nitrogens with two attached hydrogens (primary N) is 1. The summed E-state index contributed by atoms with van der Waals surface area (Å²) in [5.74, 6) is 0.893. The molecule has 0 heterocycles. The Bertz CT molecular complexity index is 342. The first-order chi connectivity index (χ1) is 7.83. The van der Waals surface area contributed by atoms with Crippen LogP contribution in [0.4, 0.5) is 0 Å². The summed E-state index contributed by atoms with van der Waals surface area (Å²) in [5.41, 5.74) is 6.96. The van der Waals surface area contributed by atoms with Crippen LogP contribution in [0.5, 0.6) is 5.75 Å². The van der Waals surface area contributed by atoms with Crippen molar-refractivity contribution in [1.29, 1.82) is 0 Å². The van der Waals surface area contributed by atoms with Crippen molar-refractivity contribution in [3.63, 3.8) is 0 Å². The van der Waals surface area contributed by atoms with Gasteiger partial charge in [0.25, 0.3) is 0 Å². The van der Waals surface area contributed by atoms with E-state index < -0.39 is 0 Å². The molecule has 1 aromatic rings. The van der Waals surface area contributed by atoms with Crippen LogP contribution < -0.4 is 10.5 Å². The highest BCUT2D eigenvalue weighted by atomic mass is 16.5. The molecule has 0 radical (unpaired) electrons. The van der Waals surface area contributed by atoms with Crippen molar-refractivity contribution < 1.29 is 4.74 Å². The van der Waals surface area contributed by atoms with Crippen LogP contribution in [0.1, 0.15) is 32.4 Å². The van der Waals surface area contributed by atoms with Crippen LogP contribution in [0, 0.1) is 0 Å². The summed E-state index contributed by atoms with van der Waals surface area (Å²) in [6.07, 6.45) is 0. The van der Waals surface area contributed by atoms with Gasteiger partial charge in [-0.15, -0.1) is 0 Å². The van der Waals surface area contributed by atoms with E-state index in [1.54, 1.807) is 0 Å². The molecule has 0 aliphatic heterocycles. The van der Waals surface area contributed by atoms with Gasteiger partial charge in [0.2, 0.25) is 0 Å². The van der Waals surface area contributed by atoms with Gasteiger partial charge in [-0.1, -0.05) is 12.1 Å². The summed E-state index contributed by atoms with van der Waals surface area (Å²) in [4.78, 5) is 2.16. The van der Waals surface area contributed by atoms with Crippen LogP contribution in [-0.4, -0.2) is 31.1 Å². The molecule has 3 nitrogen and oxygen atoms in total. The van der Waals surface area contributed by atoms with E-state index in [2.05, 4.69) is 32.8 Å². The van der Waals surface area contributed by atoms with Crippen molar-refractivity contribution >= 4 is 0 Å². The second-order valence-corrected chi connectivity index (χ2v) is 5.35. The zero-order chi connectivity index (χ0) is 13.1. The molecule has 0 aliphatic carbocycles. The van der Waals surface area contributed by atoms with E-state index >= 15 is 0 Å². The van der Waals surface area contributed by atoms with Crippen LogP contribution in [0.2, 0.25) is 0 Å². The van der Waals surface area contributed by atoms with Crippen molar-refractivity contribution in [3.05, 3.63) is 29.8 Å². The number of ether oxygens (including phenoxy) is 1. The third-order valence-corrected chi connectivity index (χ3v) is 3.21. The van der Waals surface area contributed by atoms with Gasteiger partial charge in [-0.2, -0.15) is 0 Å². The van der Waals surface area contributed by atoms with Crippen molar-refractivity contribution in [2.45, 2.75) is 32.4 Å². The lowest BCUT2D eigenvalue weighted by atomic mass is 10.1. The minimum Gasteiger partial charge on any atom is -0.492 e. The molecule has 1 aromatic carbocycles. The summed E-state index contributed by atoms with van der Waals surface area (Å²) < 4.78 is 5.78. The molecule has 0 unspecified atom stereocenters. The van der Waals surface area contributed by atoms with Crippen LogP contribution >= 0.6 is 0 Å². The molecule has 1 atom stereocenters. The molecule has 0 spiro atoms. The number of nitrogens with zero attached hydrogens (tertiary/aromatic N) is 1. The maximum absolute atomic E-state index is 5.80. The number of hydrogen-bond donors (Lipinski definition) is 1. The third kappa shape index (κ3) is 4.02. The monoisotopic (exact) mass is 236 g/mol. The van der Waals surface area contributed by atoms with Gasteiger partial charge in [0.05, 0.1) is 0 Å². The number of likely N-dealkylation sites (N-methyl/N-ethyl adjacent to an activating group) is 1. The van der Waals surface area contributed by atoms with E-state index in [1.807, 2.05) is 31.2 Å². The Morgan fingerprint density at radius 1 is 1.24 bits per heavy atom. The Morgan fingerprint density at radius 2 is 1.76 bits per heavy atom. The molecule has 0 bridgehead atoms. The van der Waals surface area contributed by atoms with Gasteiger partial charge in [0.1, 0.15) is 12.4 Å². The third-order valence-electron chi connectivity index (χ3n) is 3.21. The van der Waals surface area contributed by atoms with Gasteiger partial charge in [-0.3, -0.25) is 0 Å². The minimum absolute atomic E-state index is 0.0276. The van der Waals surface area contributed by atoms with Crippen LogP contribution in [0.3, 0.4) is 0 Å². The lowest BCUT2D eigenvalue weighted by Gasteiger charge is -2.32. The average Bonchev–Trinajstić information content (AvgIpc) is 2.27. The molecule has 1 rings (SSSR count). The second-order valence-electron chi connectivity index (χ2n) is 5.35. The molecule has 0 aliphatic rings. The van der Waals surface area contributed by atoms with E-state index in [9.17, 15) is 0 Å². The highest BCUT2D eigenvalue weighted by molar-refractivity contribution is 5.28. The fourth-order valence-electron chi connectivity index (χ4n) is 1.26. The Morgan fingerprint density at radius 3 is 2.18 bits per heavy atom. The molecule has 0 saturated heterocycles. The number of rotatable bonds is 5. The van der Waals surface area contributed by atoms with Crippen LogP contribution in [-0.2, 0) is 0 Å². The first kappa shape index (κ1) is 14.0. The summed E-state index contributed by atoms with van der Waals surface area (Å²) in [6.45, 7) is 6.95. The van der Waals surface area contributed by atoms with Crippen LogP contribution in [0.15, 0.2) is 24.3 Å². The molecule has 0 saturated carbocycles. The predicted molar refractivity (Wildman–Crippen MR) is 72.3 cm³/mol. The predicted octanol–water partition coefficient (Wildman–Crippen LogP) is 2.43. The molecule has 3 heteroatoms. The fourth-order valence-corrected chi connectivity index (χ4v) is 1.26. The second kappa shape index (κ2) is 5.52. The van der Waals surface area contributed by atoms with Gasteiger partial charge >= 0.3 is 0 Å². The van der Waals surface area contributed by atoms with Crippen molar-refractivity contribution in [2.75, 3.05) is 20.7 Å². The summed E-state index contributed by atoms with van der Waals surface area (Å²) in [5, 5.41) is 0. The molecule has 0 aromatic heterocycles. The Kier molecular flexibility index (Phi) is 4.54. The van der Waals surface area contributed by atoms with E-state index in [-0.39, 0.29) is 11.6 Å². The summed E-state index contributed by atoms with van der Waals surface area (Å²) in [7, 11) is 4.12. The molecular weight excluding hydrogens is 212 g/mol. The number of hydrogen-bond acceptors (Lipinski definition) is 3. The van der Waals surface area contributed by atoms with E-state index in [1.165, 1.54) is 0 Å². The van der Waals surface area contributed by atoms with Gasteiger partial charge < -0.3 is 15.4 Å². The first-order valence-electron chi connectivity index (χ1n) is 5.99. The Balaban J connectivity index is 2.59. The van der Waals surface area contributed by atoms with E-state index in [0.29, 0.717) is 6.61 Å². The van der Waals surface area contributed by atoms with Gasteiger partial charge in [-0.05, 0) is 52.6 Å². The number of benzene rings is 1. The van der Waals surface area contributed by atoms with E-state index in [0.717, 1.165) is 11.3 Å². The van der Waals surface area contributed by atoms with Crippen molar-refractivity contribution in [2.24, 2.45) is 5.73 Å². The molecule has 0 amide bonds. The lowest BCUT2D eigenvalue weighted by Crippen LogP contribution is -2.43. The molecule has 96 valence electrons. The Labute approximate surface area is 105 Å². The van der Waals surface area contributed by atoms with Gasteiger partial charge in [0.15, 0.2) is 0 Å². The zero-order valence-corrected chi connectivity index (χ0v) is 11.5. The minimum atomic E-state index is 0.0276. The lowest BCUT2D eigenvalue weighted by molar-refractivity contribution is 0.114. The highest BCUT2D eigenvalue weighted by Crippen LogP contribution is 2.18. The smallest absolute Gasteiger partial charge is 0.119 e. The first-order valence-corrected chi connectivity index (χ1v) is 5.99. The van der Waals surface area contributed by atoms with Gasteiger partial charge in [-0.25, -0.2) is 0 Å². The standard InChI is InChI=1S/C14H24N2O/c1-11(15)12-6-8-13(9-7-12)17-10-14(2,3)16(4)5/h6-9,11H,10,15H2,1-5H3/t11-/m0/s1. The van der Waals surface area contributed by atoms with Crippen LogP contribution in [0.25, 0.3) is 0 Å². The fraction of sp³-hybridized carbons (Fsp3) is 0.571. The topological polar surface area (TPSA) is 38.5 Å². The Hall–Kier alpha value is -1.06. The summed E-state index contributed by atoms with van der Waals surface area (Å²) >= 11 is 0. The van der Waals surface area contributed by atoms with E-state index in [4.69, 9.17) is 10.5 Å². The SMILES string of the molecule is C[C@H](N)c1ccc(OCC(C)(C)N(C)C)cc1. The zero-order valence-electron chi connectivity index (χ0n) is 11.5. The van der Waals surface area contributed by atoms with Crippen molar-refractivity contribution in [3.8, 4) is 5.75 Å². The normalized spacial score (nSPS) is 13.8.